The molecule has 1 atom stereocenters. The number of ketones is 1. The quantitative estimate of drug-likeness (QED) is 0.790. The van der Waals surface area contributed by atoms with Crippen LogP contribution >= 0.6 is 27.5 Å². The van der Waals surface area contributed by atoms with Crippen molar-refractivity contribution >= 4 is 33.3 Å². The number of alkyl halides is 1. The zero-order valence-corrected chi connectivity index (χ0v) is 10.9. The Bertz CT molecular complexity index is 366. The Kier molecular flexibility index (Phi) is 4.61. The molecule has 15 heavy (non-hydrogen) atoms. The second-order valence-corrected chi connectivity index (χ2v) is 4.70. The minimum absolute atomic E-state index is 0.0667. The topological polar surface area (TPSA) is 26.3 Å². The molecule has 0 N–H and O–H groups in total. The van der Waals surface area contributed by atoms with Gasteiger partial charge in [-0.3, -0.25) is 4.79 Å². The van der Waals surface area contributed by atoms with Gasteiger partial charge < -0.3 is 4.74 Å². The lowest BCUT2D eigenvalue weighted by Crippen LogP contribution is -2.00. The van der Waals surface area contributed by atoms with Crippen molar-refractivity contribution in [3.8, 4) is 5.75 Å². The molecule has 0 bridgehead atoms. The molecule has 0 radical (unpaired) electrons. The van der Waals surface area contributed by atoms with Crippen molar-refractivity contribution in [1.29, 1.82) is 0 Å². The monoisotopic (exact) mass is 290 g/mol. The van der Waals surface area contributed by atoms with Crippen molar-refractivity contribution in [2.75, 3.05) is 7.11 Å². The van der Waals surface area contributed by atoms with E-state index in [-0.39, 0.29) is 11.2 Å². The number of rotatable bonds is 4. The van der Waals surface area contributed by atoms with E-state index in [9.17, 15) is 4.79 Å². The van der Waals surface area contributed by atoms with Crippen molar-refractivity contribution in [2.24, 2.45) is 0 Å². The fraction of sp³-hybridized carbons (Fsp3) is 0.364. The van der Waals surface area contributed by atoms with Gasteiger partial charge >= 0.3 is 0 Å². The molecule has 0 amide bonds. The predicted octanol–water partition coefficient (Wildman–Crippen LogP) is 3.72. The summed E-state index contributed by atoms with van der Waals surface area (Å²) < 4.78 is 6.11. The average molecular weight is 292 g/mol. The summed E-state index contributed by atoms with van der Waals surface area (Å²) in [6.07, 6.45) is 0.314. The van der Waals surface area contributed by atoms with E-state index in [2.05, 4.69) is 15.9 Å². The maximum absolute atomic E-state index is 11.0. The molecule has 82 valence electrons. The van der Waals surface area contributed by atoms with Crippen LogP contribution in [0.5, 0.6) is 5.75 Å². The molecule has 1 aromatic carbocycles. The van der Waals surface area contributed by atoms with Gasteiger partial charge in [0.2, 0.25) is 0 Å². The number of hydrogen-bond donors (Lipinski definition) is 0. The lowest BCUT2D eigenvalue weighted by Gasteiger charge is -2.13. The number of ether oxygens (including phenoxy) is 1. The summed E-state index contributed by atoms with van der Waals surface area (Å²) in [6.45, 7) is 1.53. The van der Waals surface area contributed by atoms with Crippen molar-refractivity contribution in [3.05, 3.63) is 28.2 Å². The lowest BCUT2D eigenvalue weighted by atomic mass is 10.1. The highest BCUT2D eigenvalue weighted by Gasteiger charge is 2.15. The molecule has 0 aliphatic heterocycles. The van der Waals surface area contributed by atoms with E-state index in [4.69, 9.17) is 16.3 Å². The number of carbonyl (C=O) groups is 1. The van der Waals surface area contributed by atoms with Crippen LogP contribution in [-0.2, 0) is 4.79 Å². The highest BCUT2D eigenvalue weighted by Crippen LogP contribution is 2.34. The van der Waals surface area contributed by atoms with Gasteiger partial charge in [0, 0.05) is 16.5 Å². The van der Waals surface area contributed by atoms with Gasteiger partial charge in [-0.2, -0.15) is 0 Å². The van der Waals surface area contributed by atoms with Crippen molar-refractivity contribution in [1.82, 2.24) is 0 Å². The second kappa shape index (κ2) is 5.52. The van der Waals surface area contributed by atoms with Gasteiger partial charge in [0.1, 0.15) is 11.5 Å². The number of halogens is 2. The summed E-state index contributed by atoms with van der Waals surface area (Å²) in [5, 5.41) is -0.338. The first kappa shape index (κ1) is 12.5. The summed E-state index contributed by atoms with van der Waals surface area (Å²) in [5.41, 5.74) is 0.837. The zero-order valence-electron chi connectivity index (χ0n) is 8.59. The predicted molar refractivity (Wildman–Crippen MR) is 64.6 cm³/mol. The van der Waals surface area contributed by atoms with Gasteiger partial charge in [0.25, 0.3) is 0 Å². The third kappa shape index (κ3) is 3.50. The highest BCUT2D eigenvalue weighted by molar-refractivity contribution is 9.10. The van der Waals surface area contributed by atoms with E-state index in [0.717, 1.165) is 10.0 Å². The minimum Gasteiger partial charge on any atom is -0.496 e. The molecule has 1 aromatic rings. The van der Waals surface area contributed by atoms with Crippen LogP contribution in [0.15, 0.2) is 22.7 Å². The third-order valence-corrected chi connectivity index (χ3v) is 2.88. The standard InChI is InChI=1S/C11H12BrClO2/c1-7(14)5-10(13)9-6-8(12)3-4-11(9)15-2/h3-4,6,10H,5H2,1-2H3. The van der Waals surface area contributed by atoms with Gasteiger partial charge in [0.15, 0.2) is 0 Å². The molecule has 0 aromatic heterocycles. The zero-order chi connectivity index (χ0) is 11.4. The summed E-state index contributed by atoms with van der Waals surface area (Å²) >= 11 is 9.50. The van der Waals surface area contributed by atoms with Crippen molar-refractivity contribution < 1.29 is 9.53 Å². The van der Waals surface area contributed by atoms with Crippen LogP contribution in [0, 0.1) is 0 Å². The molecule has 0 aliphatic carbocycles. The van der Waals surface area contributed by atoms with Gasteiger partial charge in [-0.05, 0) is 25.1 Å². The van der Waals surface area contributed by atoms with E-state index in [0.29, 0.717) is 12.2 Å². The SMILES string of the molecule is COc1ccc(Br)cc1C(Cl)CC(C)=O. The molecule has 0 saturated carbocycles. The van der Waals surface area contributed by atoms with E-state index in [1.54, 1.807) is 7.11 Å². The largest absolute Gasteiger partial charge is 0.496 e. The maximum atomic E-state index is 11.0. The Labute approximate surface area is 103 Å². The smallest absolute Gasteiger partial charge is 0.131 e. The van der Waals surface area contributed by atoms with Crippen LogP contribution in [0.1, 0.15) is 24.3 Å². The molecule has 4 heteroatoms. The lowest BCUT2D eigenvalue weighted by molar-refractivity contribution is -0.117. The van der Waals surface area contributed by atoms with Crippen molar-refractivity contribution in [2.45, 2.75) is 18.7 Å². The van der Waals surface area contributed by atoms with Crippen molar-refractivity contribution in [3.63, 3.8) is 0 Å². The number of methoxy groups -OCH3 is 1. The molecule has 1 rings (SSSR count). The molecule has 1 unspecified atom stereocenters. The summed E-state index contributed by atoms with van der Waals surface area (Å²) in [5.74, 6) is 0.775. The van der Waals surface area contributed by atoms with Crippen LogP contribution in [-0.4, -0.2) is 12.9 Å². The van der Waals surface area contributed by atoms with Crippen LogP contribution < -0.4 is 4.74 Å². The molecular formula is C11H12BrClO2. The van der Waals surface area contributed by atoms with Crippen LogP contribution in [0.2, 0.25) is 0 Å². The molecule has 0 aliphatic rings. The van der Waals surface area contributed by atoms with Crippen LogP contribution in [0.3, 0.4) is 0 Å². The number of hydrogen-bond acceptors (Lipinski definition) is 2. The Morgan fingerprint density at radius 3 is 2.80 bits per heavy atom. The first-order chi connectivity index (χ1) is 7.04. The maximum Gasteiger partial charge on any atom is 0.131 e. The first-order valence-corrected chi connectivity index (χ1v) is 5.74. The van der Waals surface area contributed by atoms with Crippen LogP contribution in [0.4, 0.5) is 0 Å². The Balaban J connectivity index is 2.99. The third-order valence-electron chi connectivity index (χ3n) is 2.00. The van der Waals surface area contributed by atoms with Gasteiger partial charge in [-0.1, -0.05) is 15.9 Å². The van der Waals surface area contributed by atoms with Crippen LogP contribution in [0.25, 0.3) is 0 Å². The van der Waals surface area contributed by atoms with E-state index in [1.165, 1.54) is 6.92 Å². The molecule has 0 fully saturated rings. The van der Waals surface area contributed by atoms with E-state index < -0.39 is 0 Å². The average Bonchev–Trinajstić information content (AvgIpc) is 2.16. The first-order valence-electron chi connectivity index (χ1n) is 4.51. The Morgan fingerprint density at radius 1 is 1.60 bits per heavy atom. The molecule has 0 heterocycles. The number of Topliss-reactive ketones (excluding diaryl/α,β-unsaturated/α-hetero) is 1. The normalized spacial score (nSPS) is 12.3. The molecular weight excluding hydrogens is 279 g/mol. The number of carbonyl (C=O) groups excluding carboxylic acids is 1. The Hall–Kier alpha value is -0.540. The van der Waals surface area contributed by atoms with Gasteiger partial charge in [-0.15, -0.1) is 11.6 Å². The highest BCUT2D eigenvalue weighted by atomic mass is 79.9. The fourth-order valence-corrected chi connectivity index (χ4v) is 2.08. The number of benzene rings is 1. The second-order valence-electron chi connectivity index (χ2n) is 3.26. The molecule has 2 nitrogen and oxygen atoms in total. The fourth-order valence-electron chi connectivity index (χ4n) is 1.31. The van der Waals surface area contributed by atoms with Gasteiger partial charge in [0.05, 0.1) is 12.5 Å². The summed E-state index contributed by atoms with van der Waals surface area (Å²) in [4.78, 5) is 11.0. The minimum atomic E-state index is -0.338. The Morgan fingerprint density at radius 2 is 2.27 bits per heavy atom. The van der Waals surface area contributed by atoms with E-state index >= 15 is 0 Å². The summed E-state index contributed by atoms with van der Waals surface area (Å²) in [7, 11) is 1.59. The molecule has 0 saturated heterocycles. The molecule has 0 spiro atoms. The summed E-state index contributed by atoms with van der Waals surface area (Å²) in [6, 6.07) is 5.58. The van der Waals surface area contributed by atoms with Gasteiger partial charge in [-0.25, -0.2) is 0 Å². The van der Waals surface area contributed by atoms with E-state index in [1.807, 2.05) is 18.2 Å².